The average molecular weight is 592 g/mol. The van der Waals surface area contributed by atoms with E-state index in [1.54, 1.807) is 54.6 Å². The molecule has 0 spiro atoms. The van der Waals surface area contributed by atoms with Gasteiger partial charge in [0.25, 0.3) is 11.1 Å². The molecule has 1 saturated heterocycles. The van der Waals surface area contributed by atoms with Gasteiger partial charge in [0.1, 0.15) is 13.2 Å². The van der Waals surface area contributed by atoms with Crippen molar-refractivity contribution in [1.82, 2.24) is 4.90 Å². The van der Waals surface area contributed by atoms with Gasteiger partial charge in [0, 0.05) is 31.9 Å². The third kappa shape index (κ3) is 6.45. The largest absolute Gasteiger partial charge is 0.493 e. The molecule has 0 aromatic heterocycles. The molecule has 1 fully saturated rings. The van der Waals surface area contributed by atoms with Crippen LogP contribution < -0.4 is 14.8 Å². The van der Waals surface area contributed by atoms with Gasteiger partial charge in [0.2, 0.25) is 5.91 Å². The second-order valence-electron chi connectivity index (χ2n) is 8.18. The van der Waals surface area contributed by atoms with Crippen molar-refractivity contribution >= 4 is 75.4 Å². The van der Waals surface area contributed by atoms with E-state index in [9.17, 15) is 14.4 Å². The summed E-state index contributed by atoms with van der Waals surface area (Å²) >= 11 is 19.0. The number of hydrogen-bond donors (Lipinski definition) is 1. The molecule has 0 aliphatic carbocycles. The van der Waals surface area contributed by atoms with Gasteiger partial charge in [-0.3, -0.25) is 19.3 Å². The monoisotopic (exact) mass is 590 g/mol. The molecule has 0 bridgehead atoms. The molecule has 3 aromatic rings. The molecule has 3 amide bonds. The molecular formula is C27H21Cl3N2O5S. The number of carbonyl (C=O) groups excluding carboxylic acids is 3. The molecule has 196 valence electrons. The molecular weight excluding hydrogens is 571 g/mol. The lowest BCUT2D eigenvalue weighted by atomic mass is 10.1. The van der Waals surface area contributed by atoms with Crippen LogP contribution >= 0.6 is 46.6 Å². The average Bonchev–Trinajstić information content (AvgIpc) is 3.13. The minimum Gasteiger partial charge on any atom is -0.493 e. The van der Waals surface area contributed by atoms with Crippen molar-refractivity contribution in [3.05, 3.63) is 91.3 Å². The maximum Gasteiger partial charge on any atom is 0.294 e. The lowest BCUT2D eigenvalue weighted by molar-refractivity contribution is -0.127. The molecule has 0 saturated carbocycles. The Bertz CT molecular complexity index is 1460. The zero-order chi connectivity index (χ0) is 27.4. The molecule has 1 heterocycles. The predicted octanol–water partition coefficient (Wildman–Crippen LogP) is 7.22. The van der Waals surface area contributed by atoms with Crippen LogP contribution in [0.3, 0.4) is 0 Å². The van der Waals surface area contributed by atoms with E-state index in [1.165, 1.54) is 13.2 Å². The van der Waals surface area contributed by atoms with Crippen molar-refractivity contribution in [1.29, 1.82) is 0 Å². The number of imide groups is 1. The Hall–Kier alpha value is -3.17. The number of hydrogen-bond acceptors (Lipinski definition) is 6. The summed E-state index contributed by atoms with van der Waals surface area (Å²) < 4.78 is 11.5. The summed E-state index contributed by atoms with van der Waals surface area (Å²) in [6, 6.07) is 15.3. The Morgan fingerprint density at radius 2 is 1.79 bits per heavy atom. The quantitative estimate of drug-likeness (QED) is 0.279. The Balaban J connectivity index is 1.53. The van der Waals surface area contributed by atoms with E-state index in [-0.39, 0.29) is 11.5 Å². The summed E-state index contributed by atoms with van der Waals surface area (Å²) in [6.07, 6.45) is 1.53. The number of amides is 3. The van der Waals surface area contributed by atoms with Gasteiger partial charge in [0.05, 0.1) is 12.0 Å². The summed E-state index contributed by atoms with van der Waals surface area (Å²) in [7, 11) is 1.50. The van der Waals surface area contributed by atoms with E-state index in [0.717, 1.165) is 22.2 Å². The highest BCUT2D eigenvalue weighted by atomic mass is 35.5. The minimum absolute atomic E-state index is 0.113. The number of benzene rings is 3. The van der Waals surface area contributed by atoms with Gasteiger partial charge < -0.3 is 14.8 Å². The number of nitrogens with one attached hydrogen (secondary N) is 1. The first-order valence-corrected chi connectivity index (χ1v) is 13.2. The third-order valence-electron chi connectivity index (χ3n) is 5.55. The van der Waals surface area contributed by atoms with Crippen LogP contribution in [0.4, 0.5) is 10.5 Å². The maximum atomic E-state index is 13.1. The topological polar surface area (TPSA) is 84.9 Å². The molecule has 1 aliphatic rings. The fourth-order valence-corrected chi connectivity index (χ4v) is 5.05. The Kier molecular flexibility index (Phi) is 8.89. The summed E-state index contributed by atoms with van der Waals surface area (Å²) in [4.78, 5) is 39.3. The van der Waals surface area contributed by atoms with Gasteiger partial charge in [-0.05, 0) is 60.7 Å². The first-order valence-electron chi connectivity index (χ1n) is 11.2. The van der Waals surface area contributed by atoms with Crippen molar-refractivity contribution in [2.45, 2.75) is 13.5 Å². The van der Waals surface area contributed by atoms with Crippen LogP contribution in [0.15, 0.2) is 59.5 Å². The van der Waals surface area contributed by atoms with E-state index in [1.807, 2.05) is 6.92 Å². The van der Waals surface area contributed by atoms with Crippen LogP contribution in [0.5, 0.6) is 11.5 Å². The highest BCUT2D eigenvalue weighted by molar-refractivity contribution is 8.18. The number of ether oxygens (including phenoxy) is 2. The normalized spacial score (nSPS) is 14.2. The second kappa shape index (κ2) is 12.1. The molecule has 38 heavy (non-hydrogen) atoms. The molecule has 0 radical (unpaired) electrons. The molecule has 4 rings (SSSR count). The van der Waals surface area contributed by atoms with Gasteiger partial charge in [-0.25, -0.2) is 0 Å². The highest BCUT2D eigenvalue weighted by Crippen LogP contribution is 2.38. The lowest BCUT2D eigenvalue weighted by Crippen LogP contribution is -2.36. The van der Waals surface area contributed by atoms with Crippen molar-refractivity contribution in [2.24, 2.45) is 0 Å². The number of rotatable bonds is 8. The predicted molar refractivity (Wildman–Crippen MR) is 151 cm³/mol. The summed E-state index contributed by atoms with van der Waals surface area (Å²) in [6.45, 7) is 1.48. The van der Waals surface area contributed by atoms with Crippen molar-refractivity contribution < 1.29 is 23.9 Å². The molecule has 0 unspecified atom stereocenters. The number of nitrogens with zero attached hydrogens (tertiary/aromatic N) is 1. The van der Waals surface area contributed by atoms with Gasteiger partial charge >= 0.3 is 0 Å². The van der Waals surface area contributed by atoms with E-state index < -0.39 is 23.6 Å². The number of aryl methyl sites for hydroxylation is 1. The van der Waals surface area contributed by atoms with Crippen molar-refractivity contribution in [3.63, 3.8) is 0 Å². The molecule has 7 nitrogen and oxygen atoms in total. The Labute approximate surface area is 238 Å². The third-order valence-corrected chi connectivity index (χ3v) is 7.28. The van der Waals surface area contributed by atoms with Crippen LogP contribution in [-0.2, 0) is 16.2 Å². The molecule has 1 aliphatic heterocycles. The first-order chi connectivity index (χ1) is 18.2. The first kappa shape index (κ1) is 27.9. The molecule has 3 aromatic carbocycles. The van der Waals surface area contributed by atoms with Gasteiger partial charge in [-0.1, -0.05) is 59.1 Å². The number of para-hydroxylation sites is 1. The number of halogens is 3. The fraction of sp³-hybridized carbons (Fsp3) is 0.148. The second-order valence-corrected chi connectivity index (χ2v) is 10.5. The molecule has 11 heteroatoms. The van der Waals surface area contributed by atoms with Crippen LogP contribution in [0.1, 0.15) is 16.7 Å². The Morgan fingerprint density at radius 1 is 1.05 bits per heavy atom. The maximum absolute atomic E-state index is 13.1. The summed E-state index contributed by atoms with van der Waals surface area (Å²) in [5, 5.41) is 3.54. The SMILES string of the molecule is COc1cccc(/C=C2/SC(=O)N(CC(=O)Nc3cc(Cl)ccc3C)C2=O)c1OCc1ccc(Cl)cc1Cl. The number of carbonyl (C=O) groups is 3. The van der Waals surface area contributed by atoms with Crippen molar-refractivity contribution in [2.75, 3.05) is 19.0 Å². The van der Waals surface area contributed by atoms with E-state index in [0.29, 0.717) is 43.4 Å². The number of anilines is 1. The zero-order valence-corrected chi connectivity index (χ0v) is 23.3. The molecule has 1 N–H and O–H groups in total. The fourth-order valence-electron chi connectivity index (χ4n) is 3.59. The number of methoxy groups -OCH3 is 1. The van der Waals surface area contributed by atoms with Crippen LogP contribution in [0.2, 0.25) is 15.1 Å². The van der Waals surface area contributed by atoms with Gasteiger partial charge in [0.15, 0.2) is 11.5 Å². The van der Waals surface area contributed by atoms with Gasteiger partial charge in [-0.15, -0.1) is 0 Å². The number of thioether (sulfide) groups is 1. The van der Waals surface area contributed by atoms with E-state index in [4.69, 9.17) is 44.3 Å². The zero-order valence-electron chi connectivity index (χ0n) is 20.2. The Morgan fingerprint density at radius 3 is 2.53 bits per heavy atom. The smallest absolute Gasteiger partial charge is 0.294 e. The standard InChI is InChI=1S/C27H21Cl3N2O5S/c1-15-6-8-19(29)12-21(15)31-24(33)13-32-26(34)23(38-27(32)35)10-16-4-3-5-22(36-2)25(16)37-14-17-7-9-18(28)11-20(17)30/h3-12H,13-14H2,1-2H3,(H,31,33)/b23-10+. The lowest BCUT2D eigenvalue weighted by Gasteiger charge is -2.15. The molecule has 0 atom stereocenters. The van der Waals surface area contributed by atoms with Gasteiger partial charge in [-0.2, -0.15) is 0 Å². The van der Waals surface area contributed by atoms with Crippen molar-refractivity contribution in [3.8, 4) is 11.5 Å². The van der Waals surface area contributed by atoms with Crippen LogP contribution in [-0.4, -0.2) is 35.6 Å². The summed E-state index contributed by atoms with van der Waals surface area (Å²) in [5.74, 6) is -0.321. The minimum atomic E-state index is -0.590. The van der Waals surface area contributed by atoms with E-state index in [2.05, 4.69) is 5.32 Å². The summed E-state index contributed by atoms with van der Waals surface area (Å²) in [5.41, 5.74) is 2.51. The van der Waals surface area contributed by atoms with Crippen LogP contribution in [0.25, 0.3) is 6.08 Å². The van der Waals surface area contributed by atoms with Crippen LogP contribution in [0, 0.1) is 6.92 Å². The highest BCUT2D eigenvalue weighted by Gasteiger charge is 2.36. The van der Waals surface area contributed by atoms with E-state index >= 15 is 0 Å².